The minimum absolute atomic E-state index is 0.159. The number of alkyl halides is 1. The number of benzene rings is 1. The van der Waals surface area contributed by atoms with E-state index in [0.29, 0.717) is 17.7 Å². The summed E-state index contributed by atoms with van der Waals surface area (Å²) in [6.07, 6.45) is 2.65. The predicted octanol–water partition coefficient (Wildman–Crippen LogP) is 1.08. The van der Waals surface area contributed by atoms with Crippen LogP contribution in [0.4, 0.5) is 5.69 Å². The normalized spacial score (nSPS) is 16.0. The predicted molar refractivity (Wildman–Crippen MR) is 93.9 cm³/mol. The highest BCUT2D eigenvalue weighted by molar-refractivity contribution is 6.15. The summed E-state index contributed by atoms with van der Waals surface area (Å²) in [5.74, 6) is -0.752. The number of phenols is 1. The van der Waals surface area contributed by atoms with Crippen molar-refractivity contribution >= 4 is 29.4 Å². The first-order chi connectivity index (χ1) is 11.9. The number of rotatable bonds is 5. The number of hydrazone groups is 1. The number of halogens is 1. The lowest BCUT2D eigenvalue weighted by Gasteiger charge is -2.36. The molecule has 0 spiro atoms. The Labute approximate surface area is 150 Å². The highest BCUT2D eigenvalue weighted by Crippen LogP contribution is 2.27. The molecule has 1 fully saturated rings. The van der Waals surface area contributed by atoms with Gasteiger partial charge in [0.15, 0.2) is 6.54 Å². The van der Waals surface area contributed by atoms with Crippen LogP contribution in [0.3, 0.4) is 0 Å². The Kier molecular flexibility index (Phi) is 8.26. The summed E-state index contributed by atoms with van der Waals surface area (Å²) in [5.41, 5.74) is 2.12. The van der Waals surface area contributed by atoms with Gasteiger partial charge in [-0.1, -0.05) is 6.07 Å². The third kappa shape index (κ3) is 6.29. The fourth-order valence-corrected chi connectivity index (χ4v) is 2.30. The Morgan fingerprint density at radius 3 is 2.72 bits per heavy atom. The molecule has 2 rings (SSSR count). The van der Waals surface area contributed by atoms with Gasteiger partial charge in [-0.25, -0.2) is 5.43 Å². The molecule has 1 aliphatic heterocycles. The first-order valence-electron chi connectivity index (χ1n) is 7.49. The zero-order valence-electron chi connectivity index (χ0n) is 14.1. The van der Waals surface area contributed by atoms with Gasteiger partial charge in [0.1, 0.15) is 13.1 Å². The van der Waals surface area contributed by atoms with Crippen LogP contribution in [0.1, 0.15) is 5.56 Å². The SMILES string of the molecule is CCl.C[N+]1(CC(=O)N/N=C/c2cccc([N+](=O)[O-])c2O)CCOCC1. The van der Waals surface area contributed by atoms with Crippen molar-refractivity contribution in [1.82, 2.24) is 5.43 Å². The van der Waals surface area contributed by atoms with Crippen molar-refractivity contribution in [2.45, 2.75) is 0 Å². The Balaban J connectivity index is 0.00000151. The number of nitrogens with zero attached hydrogens (tertiary/aromatic N) is 3. The smallest absolute Gasteiger partial charge is 0.311 e. The number of phenolic OH excluding ortho intramolecular Hbond substituents is 1. The number of quaternary nitrogens is 1. The maximum Gasteiger partial charge on any atom is 0.311 e. The maximum atomic E-state index is 11.9. The van der Waals surface area contributed by atoms with Gasteiger partial charge in [0.05, 0.1) is 31.4 Å². The van der Waals surface area contributed by atoms with E-state index < -0.39 is 16.4 Å². The molecule has 1 aromatic rings. The van der Waals surface area contributed by atoms with E-state index in [1.54, 1.807) is 0 Å². The summed E-state index contributed by atoms with van der Waals surface area (Å²) in [6.45, 7) is 3.01. The molecule has 0 radical (unpaired) electrons. The fraction of sp³-hybridized carbons (Fsp3) is 0.467. The number of hydrogen-bond donors (Lipinski definition) is 2. The number of nitro groups is 1. The van der Waals surface area contributed by atoms with Gasteiger partial charge in [0, 0.05) is 18.0 Å². The zero-order valence-corrected chi connectivity index (χ0v) is 14.9. The minimum atomic E-state index is -0.686. The first-order valence-corrected chi connectivity index (χ1v) is 8.24. The van der Waals surface area contributed by atoms with Crippen molar-refractivity contribution in [3.05, 3.63) is 33.9 Å². The van der Waals surface area contributed by atoms with Crippen molar-refractivity contribution < 1.29 is 24.0 Å². The minimum Gasteiger partial charge on any atom is -0.502 e. The fourth-order valence-electron chi connectivity index (χ4n) is 2.30. The molecule has 0 saturated carbocycles. The van der Waals surface area contributed by atoms with Gasteiger partial charge in [-0.05, 0) is 6.07 Å². The molecular formula is C15H22ClN4O5+. The van der Waals surface area contributed by atoms with E-state index in [-0.39, 0.29) is 18.0 Å². The van der Waals surface area contributed by atoms with Gasteiger partial charge in [-0.3, -0.25) is 14.9 Å². The van der Waals surface area contributed by atoms with Crippen molar-refractivity contribution in [1.29, 1.82) is 0 Å². The topological polar surface area (TPSA) is 114 Å². The molecule has 1 saturated heterocycles. The molecule has 0 atom stereocenters. The van der Waals surface area contributed by atoms with Crippen LogP contribution in [0.15, 0.2) is 23.3 Å². The van der Waals surface area contributed by atoms with Crippen LogP contribution in [0.25, 0.3) is 0 Å². The van der Waals surface area contributed by atoms with Gasteiger partial charge in [0.2, 0.25) is 5.75 Å². The number of nitrogens with one attached hydrogen (secondary N) is 1. The van der Waals surface area contributed by atoms with Gasteiger partial charge in [-0.15, -0.1) is 11.6 Å². The second kappa shape index (κ2) is 9.92. The number of carbonyl (C=O) groups excluding carboxylic acids is 1. The molecular weight excluding hydrogens is 352 g/mol. The van der Waals surface area contributed by atoms with Crippen LogP contribution in [-0.4, -0.2) is 72.9 Å². The summed E-state index contributed by atoms with van der Waals surface area (Å²) >= 11 is 4.64. The molecule has 1 aromatic carbocycles. The third-order valence-corrected chi connectivity index (χ3v) is 3.71. The van der Waals surface area contributed by atoms with E-state index in [1.807, 2.05) is 7.05 Å². The van der Waals surface area contributed by atoms with Crippen LogP contribution >= 0.6 is 11.6 Å². The Bertz CT molecular complexity index is 632. The summed E-state index contributed by atoms with van der Waals surface area (Å²) in [4.78, 5) is 22.0. The summed E-state index contributed by atoms with van der Waals surface area (Å²) < 4.78 is 5.84. The van der Waals surface area contributed by atoms with Gasteiger partial charge < -0.3 is 14.3 Å². The van der Waals surface area contributed by atoms with E-state index in [1.165, 1.54) is 30.8 Å². The monoisotopic (exact) mass is 373 g/mol. The van der Waals surface area contributed by atoms with Gasteiger partial charge >= 0.3 is 5.69 Å². The lowest BCUT2D eigenvalue weighted by Crippen LogP contribution is -2.55. The van der Waals surface area contributed by atoms with Crippen LogP contribution in [0.5, 0.6) is 5.75 Å². The largest absolute Gasteiger partial charge is 0.502 e. The van der Waals surface area contributed by atoms with Gasteiger partial charge in [-0.2, -0.15) is 5.10 Å². The molecule has 10 heteroatoms. The quantitative estimate of drug-likeness (QED) is 0.263. The standard InChI is InChI=1S/C14H18N4O5.CH3Cl/c1-18(5-7-23-8-6-18)10-13(19)16-15-9-11-3-2-4-12(14(11)20)17(21)22;1-2/h2-4,9H,5-8,10H2,1H3,(H-,15,16,19,20);1H3/p+1. The number of aromatic hydroxyl groups is 1. The average Bonchev–Trinajstić information content (AvgIpc) is 2.58. The number of ether oxygens (including phenoxy) is 1. The van der Waals surface area contributed by atoms with Crippen molar-refractivity contribution in [3.8, 4) is 5.75 Å². The van der Waals surface area contributed by atoms with Crippen LogP contribution in [-0.2, 0) is 9.53 Å². The van der Waals surface area contributed by atoms with E-state index in [4.69, 9.17) is 4.74 Å². The highest BCUT2D eigenvalue weighted by atomic mass is 35.5. The molecule has 1 amide bonds. The van der Waals surface area contributed by atoms with Crippen LogP contribution in [0.2, 0.25) is 0 Å². The number of amides is 1. The van der Waals surface area contributed by atoms with E-state index in [9.17, 15) is 20.0 Å². The van der Waals surface area contributed by atoms with Gasteiger partial charge in [0.25, 0.3) is 5.91 Å². The lowest BCUT2D eigenvalue weighted by molar-refractivity contribution is -0.909. The summed E-state index contributed by atoms with van der Waals surface area (Å²) in [5, 5.41) is 24.2. The zero-order chi connectivity index (χ0) is 18.9. The molecule has 0 bridgehead atoms. The molecule has 0 aromatic heterocycles. The van der Waals surface area contributed by atoms with Crippen molar-refractivity contribution in [2.24, 2.45) is 5.10 Å². The second-order valence-electron chi connectivity index (χ2n) is 5.60. The average molecular weight is 374 g/mol. The number of nitro benzene ring substituents is 1. The van der Waals surface area contributed by atoms with E-state index in [2.05, 4.69) is 22.1 Å². The maximum absolute atomic E-state index is 11.9. The van der Waals surface area contributed by atoms with Crippen LogP contribution in [0, 0.1) is 10.1 Å². The molecule has 1 heterocycles. The van der Waals surface area contributed by atoms with E-state index in [0.717, 1.165) is 13.1 Å². The summed E-state index contributed by atoms with van der Waals surface area (Å²) in [6, 6.07) is 4.09. The summed E-state index contributed by atoms with van der Waals surface area (Å²) in [7, 11) is 1.97. The Morgan fingerprint density at radius 1 is 1.48 bits per heavy atom. The number of morpholine rings is 1. The molecule has 9 nitrogen and oxygen atoms in total. The number of hydrogen-bond acceptors (Lipinski definition) is 6. The number of carbonyl (C=O) groups is 1. The molecule has 1 aliphatic rings. The molecule has 0 unspecified atom stereocenters. The molecule has 138 valence electrons. The van der Waals surface area contributed by atoms with Crippen LogP contribution < -0.4 is 5.43 Å². The Morgan fingerprint density at radius 2 is 2.12 bits per heavy atom. The third-order valence-electron chi connectivity index (χ3n) is 3.71. The first kappa shape index (κ1) is 20.8. The second-order valence-corrected chi connectivity index (χ2v) is 5.60. The number of para-hydroxylation sites is 1. The highest BCUT2D eigenvalue weighted by Gasteiger charge is 2.28. The molecule has 25 heavy (non-hydrogen) atoms. The van der Waals surface area contributed by atoms with Crippen molar-refractivity contribution in [3.63, 3.8) is 0 Å². The van der Waals surface area contributed by atoms with Crippen molar-refractivity contribution in [2.75, 3.05) is 46.3 Å². The lowest BCUT2D eigenvalue weighted by atomic mass is 10.2. The number of likely N-dealkylation sites (N-methyl/N-ethyl adjacent to an activating group) is 1. The molecule has 0 aliphatic carbocycles. The Hall–Kier alpha value is -2.23. The molecule has 2 N–H and O–H groups in total. The van der Waals surface area contributed by atoms with E-state index >= 15 is 0 Å².